The van der Waals surface area contributed by atoms with Crippen LogP contribution in [0.3, 0.4) is 0 Å². The fourth-order valence-electron chi connectivity index (χ4n) is 0.700. The summed E-state index contributed by atoms with van der Waals surface area (Å²) in [5.41, 5.74) is 5.48. The summed E-state index contributed by atoms with van der Waals surface area (Å²) in [6, 6.07) is 4.19. The largest absolute Gasteiger partial charge is 0.733 e. The highest BCUT2D eigenvalue weighted by Gasteiger charge is 1.98. The number of hydrogen-bond acceptors (Lipinski definition) is 4. The second-order valence-electron chi connectivity index (χ2n) is 1.98. The van der Waals surface area contributed by atoms with Gasteiger partial charge in [0.2, 0.25) is 0 Å². The molecular formula is C6H6ClN2O2-. The minimum absolute atomic E-state index is 0.00519. The molecule has 0 atom stereocenters. The maximum atomic E-state index is 10.3. The average Bonchev–Trinajstić information content (AvgIpc) is 1.85. The third kappa shape index (κ3) is 1.74. The third-order valence-corrected chi connectivity index (χ3v) is 1.43. The number of halogens is 1. The van der Waals surface area contributed by atoms with E-state index < -0.39 is 0 Å². The molecule has 0 radical (unpaired) electrons. The van der Waals surface area contributed by atoms with Gasteiger partial charge in [-0.1, -0.05) is 11.6 Å². The molecule has 0 bridgehead atoms. The van der Waals surface area contributed by atoms with Crippen molar-refractivity contribution in [3.63, 3.8) is 0 Å². The van der Waals surface area contributed by atoms with Gasteiger partial charge in [-0.15, -0.1) is 0 Å². The third-order valence-electron chi connectivity index (χ3n) is 1.20. The fraction of sp³-hybridized carbons (Fsp3) is 0. The zero-order chi connectivity index (χ0) is 8.43. The van der Waals surface area contributed by atoms with E-state index in [9.17, 15) is 5.21 Å². The second kappa shape index (κ2) is 2.96. The monoisotopic (exact) mass is 173 g/mol. The van der Waals surface area contributed by atoms with Gasteiger partial charge in [0.25, 0.3) is 0 Å². The van der Waals surface area contributed by atoms with E-state index in [2.05, 4.69) is 0 Å². The molecule has 4 nitrogen and oxygen atoms in total. The quantitative estimate of drug-likeness (QED) is 0.500. The lowest BCUT2D eigenvalue weighted by Gasteiger charge is -2.22. The van der Waals surface area contributed by atoms with Crippen molar-refractivity contribution in [3.8, 4) is 0 Å². The van der Waals surface area contributed by atoms with E-state index in [1.807, 2.05) is 0 Å². The van der Waals surface area contributed by atoms with Crippen LogP contribution in [0.4, 0.5) is 11.4 Å². The zero-order valence-corrected chi connectivity index (χ0v) is 6.25. The van der Waals surface area contributed by atoms with Crippen LogP contribution in [0, 0.1) is 5.21 Å². The summed E-state index contributed by atoms with van der Waals surface area (Å²) in [7, 11) is 0. The highest BCUT2D eigenvalue weighted by molar-refractivity contribution is 6.31. The predicted molar refractivity (Wildman–Crippen MR) is 43.5 cm³/mol. The van der Waals surface area contributed by atoms with Crippen molar-refractivity contribution < 1.29 is 5.21 Å². The van der Waals surface area contributed by atoms with Gasteiger partial charge in [-0.3, -0.25) is 5.21 Å². The fourth-order valence-corrected chi connectivity index (χ4v) is 0.880. The molecule has 11 heavy (non-hydrogen) atoms. The van der Waals surface area contributed by atoms with Gasteiger partial charge in [0.15, 0.2) is 0 Å². The molecule has 3 N–H and O–H groups in total. The van der Waals surface area contributed by atoms with Crippen molar-refractivity contribution in [2.45, 2.75) is 0 Å². The summed E-state index contributed by atoms with van der Waals surface area (Å²) in [6.07, 6.45) is 0. The van der Waals surface area contributed by atoms with Crippen LogP contribution < -0.4 is 11.0 Å². The molecule has 0 aromatic heterocycles. The molecule has 0 saturated heterocycles. The molecule has 0 aliphatic rings. The first kappa shape index (κ1) is 8.13. The van der Waals surface area contributed by atoms with Crippen molar-refractivity contribution >= 4 is 23.0 Å². The van der Waals surface area contributed by atoms with Gasteiger partial charge in [-0.05, 0) is 18.2 Å². The van der Waals surface area contributed by atoms with Crippen molar-refractivity contribution in [3.05, 3.63) is 28.4 Å². The first-order valence-corrected chi connectivity index (χ1v) is 3.20. The summed E-state index contributed by atoms with van der Waals surface area (Å²) in [4.78, 5) is 0. The van der Waals surface area contributed by atoms with Crippen molar-refractivity contribution in [2.24, 2.45) is 0 Å². The Labute approximate surface area is 68.3 Å². The highest BCUT2D eigenvalue weighted by atomic mass is 35.5. The molecule has 0 amide bonds. The van der Waals surface area contributed by atoms with E-state index in [1.54, 1.807) is 0 Å². The average molecular weight is 174 g/mol. The number of anilines is 2. The molecule has 1 aromatic rings. The SMILES string of the molecule is Nc1cc(Cl)ccc1N([O-])O. The first-order valence-electron chi connectivity index (χ1n) is 2.82. The van der Waals surface area contributed by atoms with E-state index in [0.717, 1.165) is 0 Å². The number of hydrogen-bond donors (Lipinski definition) is 2. The van der Waals surface area contributed by atoms with Crippen LogP contribution in [0.1, 0.15) is 0 Å². The smallest absolute Gasteiger partial charge is 0.0739 e. The highest BCUT2D eigenvalue weighted by Crippen LogP contribution is 2.24. The van der Waals surface area contributed by atoms with Gasteiger partial charge in [0.1, 0.15) is 0 Å². The van der Waals surface area contributed by atoms with E-state index in [0.29, 0.717) is 5.02 Å². The summed E-state index contributed by atoms with van der Waals surface area (Å²) >= 11 is 5.54. The minimum atomic E-state index is -0.300. The van der Waals surface area contributed by atoms with E-state index >= 15 is 0 Å². The van der Waals surface area contributed by atoms with Crippen LogP contribution in [0.5, 0.6) is 0 Å². The Morgan fingerprint density at radius 3 is 2.64 bits per heavy atom. The van der Waals surface area contributed by atoms with Gasteiger partial charge in [0, 0.05) is 5.02 Å². The van der Waals surface area contributed by atoms with Gasteiger partial charge in [-0.2, -0.15) is 0 Å². The molecule has 0 fully saturated rings. The molecule has 0 unspecified atom stereocenters. The molecule has 0 heterocycles. The molecule has 60 valence electrons. The number of nitrogens with two attached hydrogens (primary N) is 1. The number of rotatable bonds is 1. The van der Waals surface area contributed by atoms with E-state index in [1.165, 1.54) is 18.2 Å². The van der Waals surface area contributed by atoms with E-state index in [4.69, 9.17) is 22.5 Å². The maximum absolute atomic E-state index is 10.3. The molecule has 5 heteroatoms. The Morgan fingerprint density at radius 1 is 1.55 bits per heavy atom. The van der Waals surface area contributed by atoms with Crippen LogP contribution in [-0.2, 0) is 0 Å². The van der Waals surface area contributed by atoms with Crippen LogP contribution in [0.25, 0.3) is 0 Å². The Hall–Kier alpha value is -0.970. The summed E-state index contributed by atoms with van der Waals surface area (Å²) < 4.78 is 0. The van der Waals surface area contributed by atoms with Crippen LogP contribution in [-0.4, -0.2) is 5.21 Å². The Kier molecular flexibility index (Phi) is 2.19. The van der Waals surface area contributed by atoms with Gasteiger partial charge in [-0.25, -0.2) is 0 Å². The lowest BCUT2D eigenvalue weighted by Crippen LogP contribution is -2.09. The summed E-state index contributed by atoms with van der Waals surface area (Å²) in [6.45, 7) is 0. The Bertz CT molecular complexity index is 265. The molecule has 0 spiro atoms. The number of nitrogens with zero attached hydrogens (tertiary/aromatic N) is 1. The standard InChI is InChI=1S/C6H6ClN2O2/c7-4-1-2-6(9(10)11)5(8)3-4/h1-3,10H,8H2/q-1. The number of benzene rings is 1. The molecule has 0 aliphatic heterocycles. The summed E-state index contributed by atoms with van der Waals surface area (Å²) in [5, 5.41) is 18.9. The summed E-state index contributed by atoms with van der Waals surface area (Å²) in [5.74, 6) is 0. The maximum Gasteiger partial charge on any atom is 0.0739 e. The predicted octanol–water partition coefficient (Wildman–Crippen LogP) is 1.62. The van der Waals surface area contributed by atoms with Gasteiger partial charge >= 0.3 is 0 Å². The van der Waals surface area contributed by atoms with Gasteiger partial charge < -0.3 is 16.2 Å². The lowest BCUT2D eigenvalue weighted by atomic mass is 10.3. The molecular weight excluding hydrogens is 168 g/mol. The molecule has 0 aliphatic carbocycles. The van der Waals surface area contributed by atoms with Crippen molar-refractivity contribution in [1.82, 2.24) is 0 Å². The number of nitrogen functional groups attached to an aromatic ring is 1. The second-order valence-corrected chi connectivity index (χ2v) is 2.41. The molecule has 1 rings (SSSR count). The molecule has 0 saturated carbocycles. The Morgan fingerprint density at radius 2 is 2.18 bits per heavy atom. The topological polar surface area (TPSA) is 72.5 Å². The van der Waals surface area contributed by atoms with E-state index in [-0.39, 0.29) is 16.6 Å². The van der Waals surface area contributed by atoms with Crippen LogP contribution in [0.15, 0.2) is 18.2 Å². The molecule has 1 aromatic carbocycles. The normalized spacial score (nSPS) is 9.73. The van der Waals surface area contributed by atoms with Crippen molar-refractivity contribution in [1.29, 1.82) is 0 Å². The van der Waals surface area contributed by atoms with Crippen LogP contribution >= 0.6 is 11.6 Å². The van der Waals surface area contributed by atoms with Crippen molar-refractivity contribution in [2.75, 3.05) is 11.0 Å². The Balaban J connectivity index is 3.09. The first-order chi connectivity index (χ1) is 5.11. The lowest BCUT2D eigenvalue weighted by molar-refractivity contribution is 0.297. The van der Waals surface area contributed by atoms with Crippen LogP contribution in [0.2, 0.25) is 5.02 Å². The minimum Gasteiger partial charge on any atom is -0.733 e. The zero-order valence-electron chi connectivity index (χ0n) is 5.49. The van der Waals surface area contributed by atoms with Gasteiger partial charge in [0.05, 0.1) is 11.4 Å².